The Labute approximate surface area is 169 Å². The number of ether oxygens (including phenoxy) is 2. The second-order valence-electron chi connectivity index (χ2n) is 6.39. The number of para-hydroxylation sites is 1. The SMILES string of the molecule is COC(=O)c1c(C)[nH]c(C(=O)C(C)OC(=O)c2[nH]c3ccccc3c2Br)c1C. The molecule has 3 aromatic rings. The van der Waals surface area contributed by atoms with Crippen molar-refractivity contribution in [2.45, 2.75) is 26.9 Å². The molecule has 0 radical (unpaired) electrons. The fraction of sp³-hybridized carbons (Fsp3) is 0.250. The first kappa shape index (κ1) is 19.9. The minimum absolute atomic E-state index is 0.217. The summed E-state index contributed by atoms with van der Waals surface area (Å²) in [5.74, 6) is -1.62. The van der Waals surface area contributed by atoms with Crippen LogP contribution in [0, 0.1) is 13.8 Å². The van der Waals surface area contributed by atoms with Crippen LogP contribution in [0.2, 0.25) is 0 Å². The molecule has 0 bridgehead atoms. The first-order valence-electron chi connectivity index (χ1n) is 8.55. The molecule has 0 saturated heterocycles. The van der Waals surface area contributed by atoms with Gasteiger partial charge in [-0.15, -0.1) is 0 Å². The number of H-pyrrole nitrogens is 2. The molecule has 1 atom stereocenters. The number of hydrogen-bond acceptors (Lipinski definition) is 5. The van der Waals surface area contributed by atoms with Crippen molar-refractivity contribution < 1.29 is 23.9 Å². The van der Waals surface area contributed by atoms with Crippen molar-refractivity contribution in [2.75, 3.05) is 7.11 Å². The van der Waals surface area contributed by atoms with Gasteiger partial charge in [-0.25, -0.2) is 9.59 Å². The maximum atomic E-state index is 12.8. The maximum absolute atomic E-state index is 12.8. The zero-order chi connectivity index (χ0) is 20.6. The number of rotatable bonds is 5. The molecule has 0 saturated carbocycles. The highest BCUT2D eigenvalue weighted by Crippen LogP contribution is 2.28. The van der Waals surface area contributed by atoms with E-state index in [4.69, 9.17) is 9.47 Å². The lowest BCUT2D eigenvalue weighted by Crippen LogP contribution is -2.25. The highest BCUT2D eigenvalue weighted by molar-refractivity contribution is 9.10. The van der Waals surface area contributed by atoms with Gasteiger partial charge >= 0.3 is 11.9 Å². The zero-order valence-electron chi connectivity index (χ0n) is 15.8. The van der Waals surface area contributed by atoms with Gasteiger partial charge < -0.3 is 19.4 Å². The molecule has 7 nitrogen and oxygen atoms in total. The number of carbonyl (C=O) groups is 3. The normalized spacial score (nSPS) is 12.0. The summed E-state index contributed by atoms with van der Waals surface area (Å²) in [5, 5.41) is 0.840. The summed E-state index contributed by atoms with van der Waals surface area (Å²) in [7, 11) is 1.28. The summed E-state index contributed by atoms with van der Waals surface area (Å²) in [6.07, 6.45) is -1.05. The van der Waals surface area contributed by atoms with Crippen LogP contribution in [0.15, 0.2) is 28.7 Å². The molecule has 2 aromatic heterocycles. The van der Waals surface area contributed by atoms with Gasteiger partial charge in [0.25, 0.3) is 0 Å². The van der Waals surface area contributed by atoms with Crippen LogP contribution >= 0.6 is 15.9 Å². The summed E-state index contributed by atoms with van der Waals surface area (Å²) < 4.78 is 10.7. The molecule has 1 unspecified atom stereocenters. The van der Waals surface area contributed by atoms with Crippen LogP contribution in [0.1, 0.15) is 49.5 Å². The number of Topliss-reactive ketones (excluding diaryl/α,β-unsaturated/α-hetero) is 1. The van der Waals surface area contributed by atoms with Crippen molar-refractivity contribution in [2.24, 2.45) is 0 Å². The third kappa shape index (κ3) is 3.35. The van der Waals surface area contributed by atoms with Gasteiger partial charge in [-0.2, -0.15) is 0 Å². The van der Waals surface area contributed by atoms with E-state index >= 15 is 0 Å². The topological polar surface area (TPSA) is 101 Å². The Balaban J connectivity index is 1.83. The molecule has 2 N–H and O–H groups in total. The van der Waals surface area contributed by atoms with Gasteiger partial charge in [-0.3, -0.25) is 4.79 Å². The maximum Gasteiger partial charge on any atom is 0.356 e. The van der Waals surface area contributed by atoms with Gasteiger partial charge in [0.2, 0.25) is 5.78 Å². The number of halogens is 1. The number of aryl methyl sites for hydroxylation is 1. The van der Waals surface area contributed by atoms with Gasteiger partial charge in [0.15, 0.2) is 6.10 Å². The van der Waals surface area contributed by atoms with Crippen LogP contribution in [-0.4, -0.2) is 40.9 Å². The van der Waals surface area contributed by atoms with E-state index < -0.39 is 23.8 Å². The number of carbonyl (C=O) groups excluding carboxylic acids is 3. The summed E-state index contributed by atoms with van der Waals surface area (Å²) in [6.45, 7) is 4.81. The van der Waals surface area contributed by atoms with E-state index in [1.54, 1.807) is 13.8 Å². The molecule has 0 amide bonds. The van der Waals surface area contributed by atoms with Crippen LogP contribution in [0.4, 0.5) is 0 Å². The predicted octanol–water partition coefficient (Wildman–Crippen LogP) is 4.09. The van der Waals surface area contributed by atoms with Crippen LogP contribution in [-0.2, 0) is 9.47 Å². The molecule has 0 aliphatic carbocycles. The fourth-order valence-electron chi connectivity index (χ4n) is 3.13. The molecular formula is C20H19BrN2O5. The third-order valence-electron chi connectivity index (χ3n) is 4.57. The van der Waals surface area contributed by atoms with E-state index in [0.717, 1.165) is 10.9 Å². The van der Waals surface area contributed by atoms with E-state index in [9.17, 15) is 14.4 Å². The second-order valence-corrected chi connectivity index (χ2v) is 7.18. The number of ketones is 1. The zero-order valence-corrected chi connectivity index (χ0v) is 17.4. The van der Waals surface area contributed by atoms with Crippen LogP contribution < -0.4 is 0 Å². The number of hydrogen-bond donors (Lipinski definition) is 2. The Morgan fingerprint density at radius 2 is 1.71 bits per heavy atom. The van der Waals surface area contributed by atoms with E-state index in [0.29, 0.717) is 21.3 Å². The van der Waals surface area contributed by atoms with Gasteiger partial charge in [0, 0.05) is 16.6 Å². The number of nitrogens with one attached hydrogen (secondary N) is 2. The van der Waals surface area contributed by atoms with Crippen molar-refractivity contribution in [3.63, 3.8) is 0 Å². The highest BCUT2D eigenvalue weighted by Gasteiger charge is 2.28. The van der Waals surface area contributed by atoms with E-state index in [-0.39, 0.29) is 11.4 Å². The Kier molecular flexibility index (Phi) is 5.42. The van der Waals surface area contributed by atoms with E-state index in [1.165, 1.54) is 14.0 Å². The first-order valence-corrected chi connectivity index (χ1v) is 9.34. The smallest absolute Gasteiger partial charge is 0.356 e. The van der Waals surface area contributed by atoms with Crippen LogP contribution in [0.25, 0.3) is 10.9 Å². The van der Waals surface area contributed by atoms with Gasteiger partial charge in [0.1, 0.15) is 5.69 Å². The summed E-state index contributed by atoms with van der Waals surface area (Å²) in [5.41, 5.74) is 2.51. The van der Waals surface area contributed by atoms with Gasteiger partial charge in [-0.1, -0.05) is 18.2 Å². The average molecular weight is 447 g/mol. The number of aromatic amines is 2. The molecule has 28 heavy (non-hydrogen) atoms. The number of esters is 2. The molecule has 2 heterocycles. The Hall–Kier alpha value is -2.87. The predicted molar refractivity (Wildman–Crippen MR) is 107 cm³/mol. The molecular weight excluding hydrogens is 428 g/mol. The Bertz CT molecular complexity index is 1100. The quantitative estimate of drug-likeness (QED) is 0.453. The van der Waals surface area contributed by atoms with Crippen LogP contribution in [0.3, 0.4) is 0 Å². The number of methoxy groups -OCH3 is 1. The van der Waals surface area contributed by atoms with Gasteiger partial charge in [0.05, 0.1) is 22.8 Å². The number of benzene rings is 1. The standard InChI is InChI=1S/C20H19BrN2O5/c1-9-14(19(25)27-4)10(2)22-16(9)18(24)11(3)28-20(26)17-15(21)12-7-5-6-8-13(12)23-17/h5-8,11,22-23H,1-4H3. The van der Waals surface area contributed by atoms with Gasteiger partial charge in [-0.05, 0) is 48.3 Å². The minimum atomic E-state index is -1.05. The Morgan fingerprint density at radius 1 is 1.04 bits per heavy atom. The summed E-state index contributed by atoms with van der Waals surface area (Å²) >= 11 is 3.40. The average Bonchev–Trinajstić information content (AvgIpc) is 3.17. The largest absolute Gasteiger partial charge is 0.465 e. The van der Waals surface area contributed by atoms with E-state index in [1.807, 2.05) is 24.3 Å². The molecule has 0 spiro atoms. The number of aromatic nitrogens is 2. The molecule has 0 aliphatic heterocycles. The fourth-order valence-corrected chi connectivity index (χ4v) is 3.74. The van der Waals surface area contributed by atoms with Crippen molar-refractivity contribution in [1.82, 2.24) is 9.97 Å². The van der Waals surface area contributed by atoms with E-state index in [2.05, 4.69) is 25.9 Å². The molecule has 3 rings (SSSR count). The van der Waals surface area contributed by atoms with Crippen molar-refractivity contribution in [1.29, 1.82) is 0 Å². The lowest BCUT2D eigenvalue weighted by molar-refractivity contribution is 0.0311. The van der Waals surface area contributed by atoms with Crippen LogP contribution in [0.5, 0.6) is 0 Å². The van der Waals surface area contributed by atoms with Crippen molar-refractivity contribution in [3.8, 4) is 0 Å². The highest BCUT2D eigenvalue weighted by atomic mass is 79.9. The molecule has 0 fully saturated rings. The lowest BCUT2D eigenvalue weighted by Gasteiger charge is -2.12. The molecule has 146 valence electrons. The van der Waals surface area contributed by atoms with Crippen molar-refractivity contribution >= 4 is 44.6 Å². The van der Waals surface area contributed by atoms with Crippen molar-refractivity contribution in [3.05, 3.63) is 56.9 Å². The monoisotopic (exact) mass is 446 g/mol. The lowest BCUT2D eigenvalue weighted by atomic mass is 10.1. The minimum Gasteiger partial charge on any atom is -0.465 e. The molecule has 0 aliphatic rings. The number of fused-ring (bicyclic) bond motifs is 1. The Morgan fingerprint density at radius 3 is 2.36 bits per heavy atom. The third-order valence-corrected chi connectivity index (χ3v) is 5.40. The summed E-state index contributed by atoms with van der Waals surface area (Å²) in [6, 6.07) is 7.41. The first-order chi connectivity index (χ1) is 13.3. The summed E-state index contributed by atoms with van der Waals surface area (Å²) in [4.78, 5) is 43.1. The second kappa shape index (κ2) is 7.63. The molecule has 1 aromatic carbocycles. The molecule has 8 heteroatoms.